The van der Waals surface area contributed by atoms with Crippen molar-refractivity contribution in [3.8, 4) is 0 Å². The fourth-order valence-corrected chi connectivity index (χ4v) is 2.22. The van der Waals surface area contributed by atoms with Crippen molar-refractivity contribution in [2.75, 3.05) is 6.61 Å². The molecule has 0 aliphatic heterocycles. The van der Waals surface area contributed by atoms with E-state index >= 15 is 0 Å². The number of hydrogen-bond donors (Lipinski definition) is 1. The number of benzene rings is 1. The molecule has 0 unspecified atom stereocenters. The molecule has 0 radical (unpaired) electrons. The average molecular weight is 232 g/mol. The van der Waals surface area contributed by atoms with Crippen LogP contribution in [-0.2, 0) is 5.92 Å². The van der Waals surface area contributed by atoms with Crippen LogP contribution in [0.2, 0.25) is 0 Å². The normalized spacial score (nSPS) is 12.1. The Balaban J connectivity index is 3.06. The molecular weight excluding hydrogens is 218 g/mol. The van der Waals surface area contributed by atoms with E-state index in [1.165, 1.54) is 17.8 Å². The number of alkyl halides is 2. The first-order chi connectivity index (χ1) is 6.97. The summed E-state index contributed by atoms with van der Waals surface area (Å²) < 4.78 is 26.7. The summed E-state index contributed by atoms with van der Waals surface area (Å²) in [6.45, 7) is 2.74. The third-order valence-corrected chi connectivity index (χ3v) is 2.92. The number of aliphatic hydroxyl groups excluding tert-OH is 1. The maximum Gasteiger partial charge on any atom is 0.296 e. The minimum absolute atomic E-state index is 0.0915. The van der Waals surface area contributed by atoms with Crippen LogP contribution in [0.5, 0.6) is 0 Å². The van der Waals surface area contributed by atoms with Crippen LogP contribution in [0.1, 0.15) is 19.4 Å². The van der Waals surface area contributed by atoms with Crippen molar-refractivity contribution in [2.24, 2.45) is 0 Å². The number of thioether (sulfide) groups is 1. The highest BCUT2D eigenvalue weighted by Gasteiger charge is 2.32. The zero-order valence-corrected chi connectivity index (χ0v) is 9.52. The molecule has 0 saturated carbocycles. The Morgan fingerprint density at radius 1 is 1.33 bits per heavy atom. The Morgan fingerprint density at radius 2 is 1.93 bits per heavy atom. The average Bonchev–Trinajstić information content (AvgIpc) is 2.17. The van der Waals surface area contributed by atoms with Crippen molar-refractivity contribution in [1.29, 1.82) is 0 Å². The van der Waals surface area contributed by atoms with E-state index in [9.17, 15) is 8.78 Å². The van der Waals surface area contributed by atoms with Gasteiger partial charge in [-0.05, 0) is 6.07 Å². The van der Waals surface area contributed by atoms with E-state index in [0.29, 0.717) is 4.90 Å². The van der Waals surface area contributed by atoms with Gasteiger partial charge in [0.2, 0.25) is 0 Å². The van der Waals surface area contributed by atoms with Crippen molar-refractivity contribution >= 4 is 11.8 Å². The summed E-state index contributed by atoms with van der Waals surface area (Å²) in [6, 6.07) is 6.30. The fourth-order valence-electron chi connectivity index (χ4n) is 1.21. The first kappa shape index (κ1) is 12.5. The molecule has 0 fully saturated rings. The molecule has 1 aromatic rings. The maximum atomic E-state index is 13.3. The molecular formula is C11H14F2OS. The Bertz CT molecular complexity index is 326. The second kappa shape index (κ2) is 4.94. The minimum Gasteiger partial charge on any atom is -0.390 e. The molecule has 0 saturated heterocycles. The van der Waals surface area contributed by atoms with Crippen molar-refractivity contribution < 1.29 is 13.9 Å². The summed E-state index contributed by atoms with van der Waals surface area (Å²) in [5, 5.41) is 8.88. The monoisotopic (exact) mass is 232 g/mol. The van der Waals surface area contributed by atoms with E-state index in [4.69, 9.17) is 5.11 Å². The lowest BCUT2D eigenvalue weighted by molar-refractivity contribution is -0.0577. The fraction of sp³-hybridized carbons (Fsp3) is 0.455. The molecule has 1 rings (SSSR count). The first-order valence-electron chi connectivity index (χ1n) is 4.72. The van der Waals surface area contributed by atoms with E-state index < -0.39 is 12.5 Å². The highest BCUT2D eigenvalue weighted by atomic mass is 32.2. The van der Waals surface area contributed by atoms with Gasteiger partial charge < -0.3 is 5.11 Å². The van der Waals surface area contributed by atoms with Gasteiger partial charge in [-0.2, -0.15) is 8.78 Å². The van der Waals surface area contributed by atoms with Gasteiger partial charge >= 0.3 is 0 Å². The second-order valence-corrected chi connectivity index (χ2v) is 5.14. The van der Waals surface area contributed by atoms with Gasteiger partial charge in [0.25, 0.3) is 5.92 Å². The van der Waals surface area contributed by atoms with E-state index in [-0.39, 0.29) is 10.8 Å². The van der Waals surface area contributed by atoms with Crippen molar-refractivity contribution in [1.82, 2.24) is 0 Å². The van der Waals surface area contributed by atoms with E-state index in [1.807, 2.05) is 13.8 Å². The van der Waals surface area contributed by atoms with Gasteiger partial charge in [-0.1, -0.05) is 32.0 Å². The summed E-state index contributed by atoms with van der Waals surface area (Å²) in [4.78, 5) is 0.534. The number of rotatable bonds is 4. The van der Waals surface area contributed by atoms with Gasteiger partial charge in [0.1, 0.15) is 6.61 Å². The largest absolute Gasteiger partial charge is 0.390 e. The van der Waals surface area contributed by atoms with Crippen LogP contribution >= 0.6 is 11.8 Å². The molecule has 0 aromatic heterocycles. The van der Waals surface area contributed by atoms with Crippen LogP contribution < -0.4 is 0 Å². The molecule has 0 atom stereocenters. The van der Waals surface area contributed by atoms with Crippen LogP contribution in [-0.4, -0.2) is 17.0 Å². The van der Waals surface area contributed by atoms with E-state index in [1.54, 1.807) is 18.2 Å². The standard InChI is InChI=1S/C11H14F2OS/c1-8(2)15-10-6-4-3-5-9(10)11(12,13)7-14/h3-6,8,14H,7H2,1-2H3. The summed E-state index contributed by atoms with van der Waals surface area (Å²) in [6.07, 6.45) is 0. The maximum absolute atomic E-state index is 13.3. The molecule has 0 bridgehead atoms. The molecule has 1 aromatic carbocycles. The van der Waals surface area contributed by atoms with Gasteiger partial charge in [0.15, 0.2) is 0 Å². The van der Waals surface area contributed by atoms with Crippen LogP contribution in [0.3, 0.4) is 0 Å². The van der Waals surface area contributed by atoms with E-state index in [2.05, 4.69) is 0 Å². The smallest absolute Gasteiger partial charge is 0.296 e. The summed E-state index contributed by atoms with van der Waals surface area (Å²) in [7, 11) is 0. The molecule has 4 heteroatoms. The molecule has 15 heavy (non-hydrogen) atoms. The summed E-state index contributed by atoms with van der Waals surface area (Å²) in [5.74, 6) is -3.15. The number of aliphatic hydroxyl groups is 1. The van der Waals surface area contributed by atoms with E-state index in [0.717, 1.165) is 0 Å². The molecule has 0 aliphatic carbocycles. The Hall–Kier alpha value is -0.610. The molecule has 0 spiro atoms. The van der Waals surface area contributed by atoms with Crippen molar-refractivity contribution in [3.63, 3.8) is 0 Å². The lowest BCUT2D eigenvalue weighted by Crippen LogP contribution is -2.19. The Morgan fingerprint density at radius 3 is 2.47 bits per heavy atom. The molecule has 0 heterocycles. The van der Waals surface area contributed by atoms with Gasteiger partial charge in [0.05, 0.1) is 0 Å². The third-order valence-electron chi connectivity index (χ3n) is 1.84. The van der Waals surface area contributed by atoms with Crippen molar-refractivity contribution in [3.05, 3.63) is 29.8 Å². The topological polar surface area (TPSA) is 20.2 Å². The van der Waals surface area contributed by atoms with Crippen LogP contribution in [0.25, 0.3) is 0 Å². The SMILES string of the molecule is CC(C)Sc1ccccc1C(F)(F)CO. The highest BCUT2D eigenvalue weighted by Crippen LogP contribution is 2.36. The Kier molecular flexibility index (Phi) is 4.11. The van der Waals surface area contributed by atoms with Crippen molar-refractivity contribution in [2.45, 2.75) is 29.9 Å². The molecule has 0 aliphatic rings. The van der Waals surface area contributed by atoms with Gasteiger partial charge in [-0.3, -0.25) is 0 Å². The molecule has 84 valence electrons. The zero-order valence-electron chi connectivity index (χ0n) is 8.71. The Labute approximate surface area is 92.5 Å². The quantitative estimate of drug-likeness (QED) is 0.804. The van der Waals surface area contributed by atoms with Crippen LogP contribution in [0.4, 0.5) is 8.78 Å². The van der Waals surface area contributed by atoms with Crippen LogP contribution in [0, 0.1) is 0 Å². The lowest BCUT2D eigenvalue weighted by atomic mass is 10.1. The summed E-state index contributed by atoms with van der Waals surface area (Å²) in [5.41, 5.74) is -0.0915. The highest BCUT2D eigenvalue weighted by molar-refractivity contribution is 8.00. The molecule has 0 amide bonds. The van der Waals surface area contributed by atoms with Gasteiger partial charge in [-0.25, -0.2) is 0 Å². The van der Waals surface area contributed by atoms with Gasteiger partial charge in [0, 0.05) is 15.7 Å². The predicted molar refractivity (Wildman–Crippen MR) is 58.4 cm³/mol. The molecule has 1 N–H and O–H groups in total. The van der Waals surface area contributed by atoms with Crippen LogP contribution in [0.15, 0.2) is 29.2 Å². The summed E-state index contributed by atoms with van der Waals surface area (Å²) >= 11 is 1.38. The lowest BCUT2D eigenvalue weighted by Gasteiger charge is -2.18. The second-order valence-electron chi connectivity index (χ2n) is 3.53. The third kappa shape index (κ3) is 3.18. The number of hydrogen-bond acceptors (Lipinski definition) is 2. The van der Waals surface area contributed by atoms with Gasteiger partial charge in [-0.15, -0.1) is 11.8 Å². The minimum atomic E-state index is -3.15. The predicted octanol–water partition coefficient (Wildman–Crippen LogP) is 3.27. The first-order valence-corrected chi connectivity index (χ1v) is 5.60. The number of halogens is 2. The molecule has 1 nitrogen and oxygen atoms in total. The zero-order chi connectivity index (χ0) is 11.5.